The zero-order valence-electron chi connectivity index (χ0n) is 19.2. The zero-order valence-corrected chi connectivity index (χ0v) is 19.2. The lowest BCUT2D eigenvalue weighted by molar-refractivity contribution is -0.172. The Morgan fingerprint density at radius 1 is 1.24 bits per heavy atom. The van der Waals surface area contributed by atoms with Crippen LogP contribution in [-0.4, -0.2) is 26.6 Å². The zero-order chi connectivity index (χ0) is 24.0. The van der Waals surface area contributed by atoms with Crippen LogP contribution in [0.2, 0.25) is 0 Å². The molecular weight excluding hydrogens is 436 g/mol. The van der Waals surface area contributed by atoms with Crippen molar-refractivity contribution in [2.45, 2.75) is 64.9 Å². The molecule has 1 atom stereocenters. The van der Waals surface area contributed by atoms with Crippen LogP contribution in [0.1, 0.15) is 61.8 Å². The first kappa shape index (κ1) is 22.3. The van der Waals surface area contributed by atoms with Gasteiger partial charge in [0.15, 0.2) is 5.60 Å². The monoisotopic (exact) mass is 462 g/mol. The molecule has 0 radical (unpaired) electrons. The van der Waals surface area contributed by atoms with Crippen molar-refractivity contribution >= 4 is 22.8 Å². The predicted octanol–water partition coefficient (Wildman–Crippen LogP) is 3.31. The van der Waals surface area contributed by atoms with Gasteiger partial charge in [-0.25, -0.2) is 9.78 Å². The highest BCUT2D eigenvalue weighted by Gasteiger charge is 2.45. The molecule has 8 nitrogen and oxygen atoms in total. The highest BCUT2D eigenvalue weighted by molar-refractivity contribution is 5.89. The molecule has 1 N–H and O–H groups in total. The van der Waals surface area contributed by atoms with Crippen LogP contribution in [-0.2, 0) is 44.4 Å². The molecule has 3 aromatic rings. The number of cyclic esters (lactones) is 1. The van der Waals surface area contributed by atoms with Crippen molar-refractivity contribution in [3.63, 3.8) is 0 Å². The number of aromatic nitrogens is 2. The van der Waals surface area contributed by atoms with Crippen LogP contribution in [0.5, 0.6) is 0 Å². The Morgan fingerprint density at radius 3 is 2.79 bits per heavy atom. The number of carbonyl (C=O) groups is 2. The van der Waals surface area contributed by atoms with Crippen molar-refractivity contribution in [2.75, 3.05) is 0 Å². The maximum absolute atomic E-state index is 13.4. The second-order valence-corrected chi connectivity index (χ2v) is 8.80. The van der Waals surface area contributed by atoms with Gasteiger partial charge in [0.1, 0.15) is 13.2 Å². The van der Waals surface area contributed by atoms with E-state index in [-0.39, 0.29) is 48.8 Å². The van der Waals surface area contributed by atoms with Gasteiger partial charge in [-0.2, -0.15) is 0 Å². The van der Waals surface area contributed by atoms with Crippen LogP contribution >= 0.6 is 0 Å². The van der Waals surface area contributed by atoms with E-state index >= 15 is 0 Å². The Balaban J connectivity index is 1.66. The summed E-state index contributed by atoms with van der Waals surface area (Å²) in [6.07, 6.45) is 2.11. The van der Waals surface area contributed by atoms with E-state index < -0.39 is 11.6 Å². The predicted molar refractivity (Wildman–Crippen MR) is 124 cm³/mol. The summed E-state index contributed by atoms with van der Waals surface area (Å²) in [4.78, 5) is 42.8. The molecule has 176 valence electrons. The molecular formula is C26H26N2O6. The minimum Gasteiger partial charge on any atom is -0.461 e. The third kappa shape index (κ3) is 3.32. The van der Waals surface area contributed by atoms with E-state index in [2.05, 4.69) is 0 Å². The summed E-state index contributed by atoms with van der Waals surface area (Å²) in [7, 11) is 0. The summed E-state index contributed by atoms with van der Waals surface area (Å²) in [5.41, 5.74) is 1.80. The molecule has 0 fully saturated rings. The Bertz CT molecular complexity index is 1390. The van der Waals surface area contributed by atoms with Gasteiger partial charge in [0.05, 0.1) is 29.0 Å². The smallest absolute Gasteiger partial charge is 0.343 e. The average molecular weight is 463 g/mol. The minimum atomic E-state index is -1.88. The summed E-state index contributed by atoms with van der Waals surface area (Å²) < 4.78 is 12.3. The fraction of sp³-hybridized carbons (Fsp3) is 0.385. The van der Waals surface area contributed by atoms with Crippen LogP contribution in [0.25, 0.3) is 22.3 Å². The number of hydrogen-bond donors (Lipinski definition) is 1. The first-order chi connectivity index (χ1) is 16.4. The van der Waals surface area contributed by atoms with Crippen molar-refractivity contribution in [3.8, 4) is 11.4 Å². The normalized spacial score (nSPS) is 18.3. The molecule has 0 amide bonds. The number of nitrogens with zero attached hydrogens (tertiary/aromatic N) is 2. The lowest BCUT2D eigenvalue weighted by Crippen LogP contribution is -2.44. The molecule has 0 spiro atoms. The number of benzene rings is 1. The molecule has 0 unspecified atom stereocenters. The number of unbranched alkanes of at least 4 members (excludes halogenated alkanes) is 1. The van der Waals surface area contributed by atoms with Crippen molar-refractivity contribution in [1.82, 2.24) is 9.55 Å². The Morgan fingerprint density at radius 2 is 2.03 bits per heavy atom. The molecule has 5 rings (SSSR count). The van der Waals surface area contributed by atoms with Gasteiger partial charge in [0.25, 0.3) is 5.56 Å². The van der Waals surface area contributed by atoms with E-state index in [0.717, 1.165) is 29.4 Å². The largest absolute Gasteiger partial charge is 0.461 e. The van der Waals surface area contributed by atoms with E-state index in [4.69, 9.17) is 14.5 Å². The van der Waals surface area contributed by atoms with Gasteiger partial charge in [0, 0.05) is 28.5 Å². The molecule has 4 heterocycles. The second-order valence-electron chi connectivity index (χ2n) is 8.80. The van der Waals surface area contributed by atoms with E-state index in [9.17, 15) is 19.5 Å². The number of para-hydroxylation sites is 1. The molecule has 2 aliphatic heterocycles. The van der Waals surface area contributed by atoms with Gasteiger partial charge < -0.3 is 19.1 Å². The third-order valence-electron chi connectivity index (χ3n) is 6.83. The Labute approximate surface area is 196 Å². The molecule has 8 heteroatoms. The molecule has 2 aromatic heterocycles. The van der Waals surface area contributed by atoms with Crippen molar-refractivity contribution < 1.29 is 24.2 Å². The quantitative estimate of drug-likeness (QED) is 0.438. The minimum absolute atomic E-state index is 0.0802. The number of esters is 2. The van der Waals surface area contributed by atoms with Crippen molar-refractivity contribution in [1.29, 1.82) is 0 Å². The highest BCUT2D eigenvalue weighted by Crippen LogP contribution is 2.40. The first-order valence-corrected chi connectivity index (χ1v) is 11.6. The van der Waals surface area contributed by atoms with Crippen molar-refractivity contribution in [3.05, 3.63) is 62.9 Å². The summed E-state index contributed by atoms with van der Waals surface area (Å²) in [5.74, 6) is -1.01. The van der Waals surface area contributed by atoms with E-state index in [1.165, 1.54) is 0 Å². The maximum Gasteiger partial charge on any atom is 0.343 e. The number of carbonyl (C=O) groups excluding carboxylic acids is 2. The highest BCUT2D eigenvalue weighted by atomic mass is 16.6. The van der Waals surface area contributed by atoms with Gasteiger partial charge in [-0.1, -0.05) is 38.5 Å². The Hall–Kier alpha value is -3.52. The maximum atomic E-state index is 13.4. The van der Waals surface area contributed by atoms with Gasteiger partial charge in [-0.15, -0.1) is 0 Å². The van der Waals surface area contributed by atoms with Crippen LogP contribution in [0.3, 0.4) is 0 Å². The van der Waals surface area contributed by atoms with Crippen LogP contribution in [0.4, 0.5) is 0 Å². The van der Waals surface area contributed by atoms with Crippen LogP contribution in [0.15, 0.2) is 35.1 Å². The first-order valence-electron chi connectivity index (χ1n) is 11.6. The number of rotatable bonds is 6. The summed E-state index contributed by atoms with van der Waals surface area (Å²) in [6.45, 7) is 3.85. The van der Waals surface area contributed by atoms with Crippen LogP contribution in [0, 0.1) is 0 Å². The molecule has 0 bridgehead atoms. The van der Waals surface area contributed by atoms with Gasteiger partial charge in [0.2, 0.25) is 0 Å². The summed E-state index contributed by atoms with van der Waals surface area (Å²) in [6, 6.07) is 9.26. The van der Waals surface area contributed by atoms with Gasteiger partial charge in [-0.05, 0) is 25.0 Å². The standard InChI is InChI=1S/C26H26N2O6/c1-3-5-10-22(29)33-13-17-15-8-6-7-9-20(15)27-23-16(17)12-28-21(23)11-19-18(24(28)30)14-34-25(31)26(19,32)4-2/h6-9,11,32H,3-5,10,12-14H2,1-2H3/t26-/m0/s1. The fourth-order valence-corrected chi connectivity index (χ4v) is 4.82. The van der Waals surface area contributed by atoms with Crippen molar-refractivity contribution in [2.24, 2.45) is 0 Å². The molecule has 1 aromatic carbocycles. The van der Waals surface area contributed by atoms with Gasteiger partial charge in [-0.3, -0.25) is 9.59 Å². The molecule has 0 saturated carbocycles. The number of hydrogen-bond acceptors (Lipinski definition) is 7. The number of pyridine rings is 2. The average Bonchev–Trinajstić information content (AvgIpc) is 3.21. The molecule has 2 aliphatic rings. The second kappa shape index (κ2) is 8.36. The number of aliphatic hydroxyl groups is 1. The lowest BCUT2D eigenvalue weighted by atomic mass is 9.86. The molecule has 0 saturated heterocycles. The lowest BCUT2D eigenvalue weighted by Gasteiger charge is -2.31. The number of fused-ring (bicyclic) bond motifs is 5. The van der Waals surface area contributed by atoms with E-state index in [1.807, 2.05) is 31.2 Å². The SMILES string of the molecule is CCCCC(=O)OCc1c2c(nc3ccccc13)-c1cc3c(c(=O)n1C2)COC(=O)[C@]3(O)CC. The number of ether oxygens (including phenoxy) is 2. The van der Waals surface area contributed by atoms with E-state index in [1.54, 1.807) is 17.6 Å². The van der Waals surface area contributed by atoms with Gasteiger partial charge >= 0.3 is 11.9 Å². The summed E-state index contributed by atoms with van der Waals surface area (Å²) >= 11 is 0. The third-order valence-corrected chi connectivity index (χ3v) is 6.83. The Kier molecular flexibility index (Phi) is 5.48. The van der Waals surface area contributed by atoms with Crippen LogP contribution < -0.4 is 5.56 Å². The fourth-order valence-electron chi connectivity index (χ4n) is 4.82. The van der Waals surface area contributed by atoms with E-state index in [0.29, 0.717) is 23.3 Å². The topological polar surface area (TPSA) is 108 Å². The molecule has 0 aliphatic carbocycles. The summed E-state index contributed by atoms with van der Waals surface area (Å²) in [5, 5.41) is 11.9. The molecule has 34 heavy (non-hydrogen) atoms.